The Morgan fingerprint density at radius 1 is 1.28 bits per heavy atom. The van der Waals surface area contributed by atoms with Gasteiger partial charge in [0.1, 0.15) is 0 Å². The van der Waals surface area contributed by atoms with Crippen LogP contribution in [0.4, 0.5) is 0 Å². The lowest BCUT2D eigenvalue weighted by atomic mass is 9.79. The van der Waals surface area contributed by atoms with Crippen LogP contribution in [0.5, 0.6) is 0 Å². The largest absolute Gasteiger partial charge is 0.496 e. The smallest absolute Gasteiger partial charge is 0.399 e. The molecular formula is C14H22BNO2. The SMILES string of the molecule is [2H]c1nc([2H])c(C([2H])(C([2H])([2H])[2H])C([2H])([2H])[2H])c([2H])c1B1OC(C)(C)C(C)(C)O1. The summed E-state index contributed by atoms with van der Waals surface area (Å²) in [5.41, 5.74) is -2.91. The first-order chi connectivity index (χ1) is 12.3. The Morgan fingerprint density at radius 2 is 1.89 bits per heavy atom. The van der Waals surface area contributed by atoms with E-state index in [1.54, 1.807) is 27.7 Å². The van der Waals surface area contributed by atoms with Crippen LogP contribution >= 0.6 is 0 Å². The first-order valence-corrected chi connectivity index (χ1v) is 5.62. The van der Waals surface area contributed by atoms with Crippen molar-refractivity contribution in [2.45, 2.75) is 58.5 Å². The third kappa shape index (κ3) is 2.32. The fraction of sp³-hybridized carbons (Fsp3) is 0.643. The van der Waals surface area contributed by atoms with Crippen LogP contribution < -0.4 is 5.46 Å². The number of hydrogen-bond donors (Lipinski definition) is 0. The zero-order valence-electron chi connectivity index (χ0n) is 20.8. The number of rotatable bonds is 2. The summed E-state index contributed by atoms with van der Waals surface area (Å²) in [5.74, 6) is -3.28. The molecule has 4 heteroatoms. The van der Waals surface area contributed by atoms with Gasteiger partial charge in [-0.2, -0.15) is 0 Å². The van der Waals surface area contributed by atoms with Gasteiger partial charge in [-0.15, -0.1) is 0 Å². The quantitative estimate of drug-likeness (QED) is 0.763. The van der Waals surface area contributed by atoms with Gasteiger partial charge >= 0.3 is 7.12 Å². The summed E-state index contributed by atoms with van der Waals surface area (Å²) >= 11 is 0. The summed E-state index contributed by atoms with van der Waals surface area (Å²) in [4.78, 5) is 3.60. The van der Waals surface area contributed by atoms with Gasteiger partial charge in [-0.05, 0) is 39.2 Å². The van der Waals surface area contributed by atoms with Crippen molar-refractivity contribution in [1.82, 2.24) is 4.98 Å². The van der Waals surface area contributed by atoms with Crippen LogP contribution in [0, 0.1) is 0 Å². The molecule has 0 saturated carbocycles. The summed E-state index contributed by atoms with van der Waals surface area (Å²) in [6, 6.07) is -0.772. The van der Waals surface area contributed by atoms with E-state index in [0.717, 1.165) is 0 Å². The molecule has 18 heavy (non-hydrogen) atoms. The van der Waals surface area contributed by atoms with Crippen LogP contribution in [0.25, 0.3) is 0 Å². The lowest BCUT2D eigenvalue weighted by molar-refractivity contribution is 0.00578. The highest BCUT2D eigenvalue weighted by atomic mass is 16.7. The van der Waals surface area contributed by atoms with Crippen molar-refractivity contribution in [2.75, 3.05) is 0 Å². The maximum absolute atomic E-state index is 8.41. The lowest BCUT2D eigenvalue weighted by Crippen LogP contribution is -2.41. The fourth-order valence-corrected chi connectivity index (χ4v) is 1.53. The van der Waals surface area contributed by atoms with Gasteiger partial charge in [-0.1, -0.05) is 19.7 Å². The van der Waals surface area contributed by atoms with E-state index in [9.17, 15) is 0 Å². The van der Waals surface area contributed by atoms with E-state index in [4.69, 9.17) is 23.0 Å². The van der Waals surface area contributed by atoms with E-state index >= 15 is 0 Å². The molecule has 1 saturated heterocycles. The second-order valence-corrected chi connectivity index (χ2v) is 5.21. The maximum Gasteiger partial charge on any atom is 0.496 e. The molecule has 0 atom stereocenters. The lowest BCUT2D eigenvalue weighted by Gasteiger charge is -2.32. The van der Waals surface area contributed by atoms with E-state index in [1.807, 2.05) is 0 Å². The molecular weight excluding hydrogens is 225 g/mol. The van der Waals surface area contributed by atoms with Gasteiger partial charge in [0, 0.05) is 27.4 Å². The molecule has 0 radical (unpaired) electrons. The second kappa shape index (κ2) is 4.35. The molecule has 0 aromatic carbocycles. The highest BCUT2D eigenvalue weighted by Gasteiger charge is 2.51. The average molecular weight is 257 g/mol. The van der Waals surface area contributed by atoms with Crippen LogP contribution in [0.1, 0.15) is 66.6 Å². The predicted molar refractivity (Wildman–Crippen MR) is 74.0 cm³/mol. The molecule has 98 valence electrons. The molecule has 1 aliphatic heterocycles. The van der Waals surface area contributed by atoms with Gasteiger partial charge in [-0.3, -0.25) is 4.98 Å². The van der Waals surface area contributed by atoms with E-state index in [0.29, 0.717) is 0 Å². The molecule has 2 heterocycles. The van der Waals surface area contributed by atoms with Gasteiger partial charge in [0.2, 0.25) is 0 Å². The second-order valence-electron chi connectivity index (χ2n) is 5.21. The van der Waals surface area contributed by atoms with Gasteiger partial charge in [0.25, 0.3) is 0 Å². The molecule has 0 N–H and O–H groups in total. The number of pyridine rings is 1. The van der Waals surface area contributed by atoms with Crippen LogP contribution in [0.2, 0.25) is 0 Å². The summed E-state index contributed by atoms with van der Waals surface area (Å²) in [6.45, 7) is 0.144. The van der Waals surface area contributed by atoms with Crippen molar-refractivity contribution in [3.8, 4) is 0 Å². The van der Waals surface area contributed by atoms with Gasteiger partial charge in [0.05, 0.1) is 15.3 Å². The molecule has 0 unspecified atom stereocenters. The maximum atomic E-state index is 8.41. The van der Waals surface area contributed by atoms with Crippen LogP contribution in [-0.2, 0) is 9.31 Å². The highest BCUT2D eigenvalue weighted by Crippen LogP contribution is 2.36. The molecule has 0 amide bonds. The minimum absolute atomic E-state index is 0.310. The zero-order valence-corrected chi connectivity index (χ0v) is 10.8. The Labute approximate surface area is 124 Å². The fourth-order valence-electron chi connectivity index (χ4n) is 1.53. The monoisotopic (exact) mass is 257 g/mol. The van der Waals surface area contributed by atoms with Crippen molar-refractivity contribution < 1.29 is 23.0 Å². The molecule has 0 aliphatic carbocycles. The van der Waals surface area contributed by atoms with Crippen molar-refractivity contribution in [2.24, 2.45) is 0 Å². The molecule has 1 aromatic rings. The minimum Gasteiger partial charge on any atom is -0.399 e. The standard InChI is InChI=1S/C14H22BNO2/c1-10(2)11-7-12(9-16-8-11)15-17-13(3,4)14(5,6)18-15/h7-10H,1-6H3/i1D3,2D3,7D,8D,9D,10D. The third-order valence-electron chi connectivity index (χ3n) is 3.34. The Balaban J connectivity index is 2.79. The highest BCUT2D eigenvalue weighted by molar-refractivity contribution is 6.62. The Bertz CT molecular complexity index is 760. The summed E-state index contributed by atoms with van der Waals surface area (Å²) < 4.78 is 89.9. The Hall–Kier alpha value is -0.865. The molecule has 2 rings (SSSR count). The Morgan fingerprint density at radius 3 is 2.44 bits per heavy atom. The minimum atomic E-state index is -3.39. The summed E-state index contributed by atoms with van der Waals surface area (Å²) in [7, 11) is -1.30. The van der Waals surface area contributed by atoms with Crippen LogP contribution in [0.3, 0.4) is 0 Å². The van der Waals surface area contributed by atoms with Crippen molar-refractivity contribution in [1.29, 1.82) is 0 Å². The summed E-state index contributed by atoms with van der Waals surface area (Å²) in [6.07, 6.45) is -1.49. The normalized spacial score (nSPS) is 31.7. The van der Waals surface area contributed by atoms with E-state index < -0.39 is 61.9 Å². The third-order valence-corrected chi connectivity index (χ3v) is 3.34. The molecule has 1 aliphatic rings. The topological polar surface area (TPSA) is 31.4 Å². The molecule has 1 aromatic heterocycles. The van der Waals surface area contributed by atoms with Crippen molar-refractivity contribution in [3.05, 3.63) is 24.0 Å². The van der Waals surface area contributed by atoms with Gasteiger partial charge < -0.3 is 9.31 Å². The van der Waals surface area contributed by atoms with Crippen molar-refractivity contribution >= 4 is 12.6 Å². The molecule has 1 fully saturated rings. The molecule has 3 nitrogen and oxygen atoms in total. The average Bonchev–Trinajstić information content (AvgIpc) is 2.63. The number of nitrogens with zero attached hydrogens (tertiary/aromatic N) is 1. The van der Waals surface area contributed by atoms with Crippen LogP contribution in [-0.4, -0.2) is 23.3 Å². The van der Waals surface area contributed by atoms with Gasteiger partial charge in [-0.25, -0.2) is 0 Å². The van der Waals surface area contributed by atoms with Crippen LogP contribution in [0.15, 0.2) is 18.4 Å². The molecule has 0 spiro atoms. The van der Waals surface area contributed by atoms with Crippen molar-refractivity contribution in [3.63, 3.8) is 0 Å². The Kier molecular flexibility index (Phi) is 1.36. The number of hydrogen-bond acceptors (Lipinski definition) is 3. The molecule has 0 bridgehead atoms. The van der Waals surface area contributed by atoms with E-state index in [2.05, 4.69) is 4.98 Å². The van der Waals surface area contributed by atoms with Gasteiger partial charge in [0.15, 0.2) is 0 Å². The summed E-state index contributed by atoms with van der Waals surface area (Å²) in [5, 5.41) is 0. The first-order valence-electron chi connectivity index (χ1n) is 10.6. The zero-order chi connectivity index (χ0) is 22.1. The first kappa shape index (κ1) is 5.64. The van der Waals surface area contributed by atoms with E-state index in [-0.39, 0.29) is 5.46 Å². The predicted octanol–water partition coefficient (Wildman–Crippen LogP) is 2.50. The van der Waals surface area contributed by atoms with E-state index in [1.165, 1.54) is 0 Å². The number of aromatic nitrogens is 1.